The van der Waals surface area contributed by atoms with Crippen LogP contribution in [0.5, 0.6) is 5.75 Å². The number of rotatable bonds is 13. The molecule has 1 aromatic carbocycles. The highest BCUT2D eigenvalue weighted by molar-refractivity contribution is 6.04. The molecule has 0 spiro atoms. The maximum Gasteiger partial charge on any atom is 0.292 e. The Morgan fingerprint density at radius 2 is 1.83 bits per heavy atom. The summed E-state index contributed by atoms with van der Waals surface area (Å²) in [6, 6.07) is 7.19. The number of ether oxygens (including phenoxy) is 3. The minimum atomic E-state index is -0.266. The molecule has 164 valence electrons. The van der Waals surface area contributed by atoms with Gasteiger partial charge in [-0.15, -0.1) is 0 Å². The van der Waals surface area contributed by atoms with Gasteiger partial charge in [0.05, 0.1) is 19.8 Å². The molecule has 0 aliphatic rings. The molecule has 0 saturated heterocycles. The van der Waals surface area contributed by atoms with Crippen molar-refractivity contribution >= 4 is 11.9 Å². The Hall–Kier alpha value is -2.12. The second kappa shape index (κ2) is 14.8. The summed E-state index contributed by atoms with van der Waals surface area (Å²) < 4.78 is 16.1. The van der Waals surface area contributed by atoms with Crippen LogP contribution in [0.2, 0.25) is 0 Å². The number of nitrogens with zero attached hydrogens (tertiary/aromatic N) is 2. The first-order valence-corrected chi connectivity index (χ1v) is 10.5. The van der Waals surface area contributed by atoms with E-state index in [4.69, 9.17) is 14.2 Å². The molecular formula is C22H37N3O4. The summed E-state index contributed by atoms with van der Waals surface area (Å²) in [6.45, 7) is 12.9. The van der Waals surface area contributed by atoms with Crippen LogP contribution in [-0.4, -0.2) is 69.4 Å². The number of amidine groups is 1. The summed E-state index contributed by atoms with van der Waals surface area (Å²) in [5.41, 5.74) is 0.515. The summed E-state index contributed by atoms with van der Waals surface area (Å²) in [4.78, 5) is 19.5. The lowest BCUT2D eigenvalue weighted by Crippen LogP contribution is -2.34. The van der Waals surface area contributed by atoms with Crippen LogP contribution in [0.25, 0.3) is 0 Å². The zero-order valence-corrected chi connectivity index (χ0v) is 18.6. The summed E-state index contributed by atoms with van der Waals surface area (Å²) in [5.74, 6) is 0.434. The van der Waals surface area contributed by atoms with Gasteiger partial charge < -0.3 is 19.1 Å². The van der Waals surface area contributed by atoms with Crippen molar-refractivity contribution in [1.29, 1.82) is 0 Å². The van der Waals surface area contributed by atoms with Crippen molar-refractivity contribution in [2.45, 2.75) is 46.6 Å². The first-order valence-electron chi connectivity index (χ1n) is 10.5. The van der Waals surface area contributed by atoms with Crippen molar-refractivity contribution in [3.05, 3.63) is 29.8 Å². The number of aliphatic imine (C=N–C) groups is 1. The van der Waals surface area contributed by atoms with E-state index in [0.29, 0.717) is 31.1 Å². The van der Waals surface area contributed by atoms with Gasteiger partial charge in [-0.25, -0.2) is 4.99 Å². The number of amides is 1. The van der Waals surface area contributed by atoms with Crippen LogP contribution >= 0.6 is 0 Å². The van der Waals surface area contributed by atoms with Crippen molar-refractivity contribution in [3.8, 4) is 5.75 Å². The highest BCUT2D eigenvalue weighted by Crippen LogP contribution is 2.11. The Balaban J connectivity index is 2.69. The minimum Gasteiger partial charge on any atom is -0.497 e. The van der Waals surface area contributed by atoms with Gasteiger partial charge in [-0.05, 0) is 70.6 Å². The van der Waals surface area contributed by atoms with Gasteiger partial charge in [0.15, 0.2) is 0 Å². The molecule has 0 aliphatic heterocycles. The maximum atomic E-state index is 12.6. The molecule has 7 nitrogen and oxygen atoms in total. The lowest BCUT2D eigenvalue weighted by Gasteiger charge is -2.18. The first kappa shape index (κ1) is 24.9. The average molecular weight is 408 g/mol. The molecular weight excluding hydrogens is 370 g/mol. The van der Waals surface area contributed by atoms with E-state index in [0.717, 1.165) is 32.5 Å². The minimum absolute atomic E-state index is 0.0452. The van der Waals surface area contributed by atoms with Crippen LogP contribution < -0.4 is 10.1 Å². The monoisotopic (exact) mass is 407 g/mol. The molecule has 1 amide bonds. The highest BCUT2D eigenvalue weighted by atomic mass is 16.5. The van der Waals surface area contributed by atoms with E-state index >= 15 is 0 Å². The smallest absolute Gasteiger partial charge is 0.292 e. The molecule has 1 N–H and O–H groups in total. The van der Waals surface area contributed by atoms with Crippen LogP contribution in [0.15, 0.2) is 29.3 Å². The molecule has 29 heavy (non-hydrogen) atoms. The molecule has 0 fully saturated rings. The summed E-state index contributed by atoms with van der Waals surface area (Å²) >= 11 is 0. The number of methoxy groups -OCH3 is 1. The Morgan fingerprint density at radius 1 is 1.14 bits per heavy atom. The third-order valence-electron chi connectivity index (χ3n) is 4.57. The van der Waals surface area contributed by atoms with E-state index in [2.05, 4.69) is 29.1 Å². The van der Waals surface area contributed by atoms with Crippen LogP contribution in [0, 0.1) is 0 Å². The molecule has 1 rings (SSSR count). The molecule has 0 radical (unpaired) electrons. The maximum absolute atomic E-state index is 12.6. The van der Waals surface area contributed by atoms with Crippen molar-refractivity contribution in [2.75, 3.05) is 46.6 Å². The zero-order chi connectivity index (χ0) is 21.5. The van der Waals surface area contributed by atoms with E-state index in [1.807, 2.05) is 13.8 Å². The van der Waals surface area contributed by atoms with Crippen LogP contribution in [0.4, 0.5) is 0 Å². The normalized spacial score (nSPS) is 12.7. The SMILES string of the molecule is CCOCCOC(=N[C@@H](C)CCCN(CC)CC)NC(=O)c1ccc(OC)cc1. The van der Waals surface area contributed by atoms with Gasteiger partial charge in [0, 0.05) is 12.2 Å². The van der Waals surface area contributed by atoms with Gasteiger partial charge in [0.25, 0.3) is 11.9 Å². The fourth-order valence-corrected chi connectivity index (χ4v) is 2.77. The largest absolute Gasteiger partial charge is 0.497 e. The Bertz CT molecular complexity index is 601. The van der Waals surface area contributed by atoms with Crippen molar-refractivity contribution in [2.24, 2.45) is 4.99 Å². The second-order valence-corrected chi connectivity index (χ2v) is 6.68. The molecule has 1 aromatic rings. The number of hydrogen-bond acceptors (Lipinski definition) is 6. The molecule has 0 aliphatic carbocycles. The van der Waals surface area contributed by atoms with E-state index in [-0.39, 0.29) is 18.0 Å². The van der Waals surface area contributed by atoms with Gasteiger partial charge >= 0.3 is 0 Å². The van der Waals surface area contributed by atoms with E-state index < -0.39 is 0 Å². The Labute approximate surface area is 175 Å². The predicted octanol–water partition coefficient (Wildman–Crippen LogP) is 3.34. The number of hydrogen-bond donors (Lipinski definition) is 1. The fourth-order valence-electron chi connectivity index (χ4n) is 2.77. The molecule has 7 heteroatoms. The summed E-state index contributed by atoms with van der Waals surface area (Å²) in [5, 5.41) is 2.78. The third-order valence-corrected chi connectivity index (χ3v) is 4.57. The number of carbonyl (C=O) groups is 1. The Kier molecular flexibility index (Phi) is 12.7. The third kappa shape index (κ3) is 10.3. The van der Waals surface area contributed by atoms with E-state index in [1.54, 1.807) is 31.4 Å². The van der Waals surface area contributed by atoms with Gasteiger partial charge in [-0.2, -0.15) is 0 Å². The Morgan fingerprint density at radius 3 is 2.41 bits per heavy atom. The molecule has 0 unspecified atom stereocenters. The van der Waals surface area contributed by atoms with Gasteiger partial charge in [-0.3, -0.25) is 10.1 Å². The summed E-state index contributed by atoms with van der Waals surface area (Å²) in [7, 11) is 1.59. The summed E-state index contributed by atoms with van der Waals surface area (Å²) in [6.07, 6.45) is 1.97. The van der Waals surface area contributed by atoms with Crippen molar-refractivity contribution < 1.29 is 19.0 Å². The zero-order valence-electron chi connectivity index (χ0n) is 18.6. The lowest BCUT2D eigenvalue weighted by molar-refractivity contribution is 0.0921. The second-order valence-electron chi connectivity index (χ2n) is 6.68. The standard InChI is InChI=1S/C22H37N3O4/c1-6-25(7-2)15-9-10-18(4)23-22(29-17-16-28-8-3)24-21(26)19-11-13-20(27-5)14-12-19/h11-14,18H,6-10,15-17H2,1-5H3,(H,23,24,26)/t18-/m0/s1. The van der Waals surface area contributed by atoms with Crippen LogP contribution in [0.3, 0.4) is 0 Å². The van der Waals surface area contributed by atoms with Gasteiger partial charge in [0.1, 0.15) is 12.4 Å². The van der Waals surface area contributed by atoms with Crippen molar-refractivity contribution in [1.82, 2.24) is 10.2 Å². The molecule has 0 aromatic heterocycles. The molecule has 1 atom stereocenters. The molecule has 0 saturated carbocycles. The van der Waals surface area contributed by atoms with E-state index in [1.165, 1.54) is 0 Å². The van der Waals surface area contributed by atoms with Crippen molar-refractivity contribution in [3.63, 3.8) is 0 Å². The molecule has 0 bridgehead atoms. The highest BCUT2D eigenvalue weighted by Gasteiger charge is 2.12. The van der Waals surface area contributed by atoms with Gasteiger partial charge in [0.2, 0.25) is 0 Å². The topological polar surface area (TPSA) is 72.4 Å². The number of nitrogens with one attached hydrogen (secondary N) is 1. The van der Waals surface area contributed by atoms with Crippen LogP contribution in [0.1, 0.15) is 50.9 Å². The van der Waals surface area contributed by atoms with E-state index in [9.17, 15) is 4.79 Å². The fraction of sp³-hybridized carbons (Fsp3) is 0.636. The van der Waals surface area contributed by atoms with Gasteiger partial charge in [-0.1, -0.05) is 13.8 Å². The number of benzene rings is 1. The average Bonchev–Trinajstić information content (AvgIpc) is 2.74. The quantitative estimate of drug-likeness (QED) is 0.308. The lowest BCUT2D eigenvalue weighted by atomic mass is 10.2. The molecule has 0 heterocycles. The predicted molar refractivity (Wildman–Crippen MR) is 117 cm³/mol. The number of carbonyl (C=O) groups excluding carboxylic acids is 1. The van der Waals surface area contributed by atoms with Crippen LogP contribution in [-0.2, 0) is 9.47 Å². The first-order chi connectivity index (χ1) is 14.0.